The fourth-order valence-corrected chi connectivity index (χ4v) is 2.73. The number of nitrogens with zero attached hydrogens (tertiary/aromatic N) is 1. The molecule has 3 rings (SSSR count). The lowest BCUT2D eigenvalue weighted by Gasteiger charge is -2.15. The maximum absolute atomic E-state index is 12.2. The van der Waals surface area contributed by atoms with Gasteiger partial charge in [-0.2, -0.15) is 5.10 Å². The zero-order chi connectivity index (χ0) is 13.9. The summed E-state index contributed by atoms with van der Waals surface area (Å²) in [6.45, 7) is 0. The van der Waals surface area contributed by atoms with Crippen LogP contribution >= 0.6 is 12.4 Å². The van der Waals surface area contributed by atoms with Gasteiger partial charge in [-0.1, -0.05) is 18.6 Å². The second-order valence-corrected chi connectivity index (χ2v) is 5.24. The molecular weight excluding hydrogens is 288 g/mol. The molecule has 4 N–H and O–H groups in total. The van der Waals surface area contributed by atoms with Crippen LogP contribution < -0.4 is 11.1 Å². The number of amides is 1. The molecule has 0 saturated heterocycles. The number of hydrogen-bond donors (Lipinski definition) is 3. The maximum Gasteiger partial charge on any atom is 0.229 e. The Labute approximate surface area is 129 Å². The van der Waals surface area contributed by atoms with Gasteiger partial charge in [-0.25, -0.2) is 0 Å². The molecule has 1 amide bonds. The molecule has 112 valence electrons. The number of nitrogens with two attached hydrogens (primary N) is 1. The van der Waals surface area contributed by atoms with Crippen molar-refractivity contribution in [2.45, 2.75) is 25.3 Å². The number of rotatable bonds is 3. The summed E-state index contributed by atoms with van der Waals surface area (Å²) in [5, 5.41) is 9.81. The van der Waals surface area contributed by atoms with Gasteiger partial charge in [0.15, 0.2) is 0 Å². The zero-order valence-corrected chi connectivity index (χ0v) is 12.4. The molecule has 0 radical (unpaired) electrons. The van der Waals surface area contributed by atoms with Crippen LogP contribution in [0.4, 0.5) is 5.69 Å². The van der Waals surface area contributed by atoms with Gasteiger partial charge >= 0.3 is 0 Å². The van der Waals surface area contributed by atoms with Crippen LogP contribution in [0.3, 0.4) is 0 Å². The van der Waals surface area contributed by atoms with Crippen LogP contribution in [0, 0.1) is 5.92 Å². The van der Waals surface area contributed by atoms with Crippen LogP contribution in [0.15, 0.2) is 36.5 Å². The van der Waals surface area contributed by atoms with Crippen LogP contribution in [0.25, 0.3) is 11.3 Å². The van der Waals surface area contributed by atoms with Gasteiger partial charge in [0.05, 0.1) is 11.6 Å². The molecule has 2 atom stereocenters. The minimum absolute atomic E-state index is 0. The number of carbonyl (C=O) groups excluding carboxylic acids is 1. The molecule has 1 aromatic heterocycles. The lowest BCUT2D eigenvalue weighted by Crippen LogP contribution is -2.34. The summed E-state index contributed by atoms with van der Waals surface area (Å²) in [5.74, 6) is -0.0393. The Hall–Kier alpha value is -1.85. The van der Waals surface area contributed by atoms with Crippen molar-refractivity contribution in [1.82, 2.24) is 10.2 Å². The zero-order valence-electron chi connectivity index (χ0n) is 11.6. The molecule has 1 saturated carbocycles. The molecule has 0 spiro atoms. The van der Waals surface area contributed by atoms with Crippen LogP contribution in [-0.4, -0.2) is 22.1 Å². The number of nitrogens with one attached hydrogen (secondary N) is 2. The highest BCUT2D eigenvalue weighted by molar-refractivity contribution is 5.93. The summed E-state index contributed by atoms with van der Waals surface area (Å²) in [6.07, 6.45) is 4.56. The molecule has 1 heterocycles. The van der Waals surface area contributed by atoms with Crippen molar-refractivity contribution in [2.75, 3.05) is 5.32 Å². The Morgan fingerprint density at radius 1 is 1.33 bits per heavy atom. The van der Waals surface area contributed by atoms with E-state index in [9.17, 15) is 4.79 Å². The summed E-state index contributed by atoms with van der Waals surface area (Å²) in [6, 6.07) is 9.61. The number of halogens is 1. The van der Waals surface area contributed by atoms with E-state index in [0.29, 0.717) is 0 Å². The molecular formula is C15H19ClN4O. The van der Waals surface area contributed by atoms with Crippen molar-refractivity contribution >= 4 is 24.0 Å². The predicted molar refractivity (Wildman–Crippen MR) is 85.2 cm³/mol. The molecule has 1 aromatic carbocycles. The molecule has 0 aliphatic heterocycles. The molecule has 5 nitrogen and oxygen atoms in total. The van der Waals surface area contributed by atoms with E-state index in [4.69, 9.17) is 5.73 Å². The lowest BCUT2D eigenvalue weighted by atomic mass is 10.0. The largest absolute Gasteiger partial charge is 0.327 e. The second-order valence-electron chi connectivity index (χ2n) is 5.24. The first-order chi connectivity index (χ1) is 9.74. The van der Waals surface area contributed by atoms with Crippen LogP contribution in [0.5, 0.6) is 0 Å². The van der Waals surface area contributed by atoms with Crippen molar-refractivity contribution < 1.29 is 4.79 Å². The quantitative estimate of drug-likeness (QED) is 0.815. The van der Waals surface area contributed by atoms with Crippen molar-refractivity contribution in [3.8, 4) is 11.3 Å². The fourth-order valence-electron chi connectivity index (χ4n) is 2.73. The highest BCUT2D eigenvalue weighted by Crippen LogP contribution is 2.26. The van der Waals surface area contributed by atoms with E-state index in [1.807, 2.05) is 30.3 Å². The molecule has 0 bridgehead atoms. The van der Waals surface area contributed by atoms with E-state index < -0.39 is 0 Å². The number of benzene rings is 1. The number of H-pyrrole nitrogens is 1. The first kappa shape index (κ1) is 15.5. The average molecular weight is 307 g/mol. The van der Waals surface area contributed by atoms with Crippen LogP contribution in [-0.2, 0) is 4.79 Å². The fraction of sp³-hybridized carbons (Fsp3) is 0.333. The smallest absolute Gasteiger partial charge is 0.229 e. The second kappa shape index (κ2) is 6.74. The molecule has 21 heavy (non-hydrogen) atoms. The van der Waals surface area contributed by atoms with Gasteiger partial charge in [0.1, 0.15) is 0 Å². The molecule has 6 heteroatoms. The number of hydrogen-bond acceptors (Lipinski definition) is 3. The van der Waals surface area contributed by atoms with Gasteiger partial charge in [0.25, 0.3) is 0 Å². The maximum atomic E-state index is 12.2. The van der Waals surface area contributed by atoms with Gasteiger partial charge in [0, 0.05) is 23.5 Å². The Morgan fingerprint density at radius 3 is 2.86 bits per heavy atom. The van der Waals surface area contributed by atoms with Gasteiger partial charge in [-0.15, -0.1) is 12.4 Å². The van der Waals surface area contributed by atoms with Gasteiger partial charge < -0.3 is 11.1 Å². The van der Waals surface area contributed by atoms with Gasteiger partial charge in [0.2, 0.25) is 5.91 Å². The standard InChI is InChI=1S/C15H18N4O.ClH/c16-13-6-2-5-12(13)15(20)18-11-4-1-3-10(9-11)14-7-8-17-19-14;/h1,3-4,7-9,12-13H,2,5-6,16H2,(H,17,19)(H,18,20);1H. The third-order valence-electron chi connectivity index (χ3n) is 3.85. The SMILES string of the molecule is Cl.NC1CCCC1C(=O)Nc1cccc(-c2ccn[nH]2)c1. The van der Waals surface area contributed by atoms with Gasteiger partial charge in [-0.3, -0.25) is 9.89 Å². The number of aromatic nitrogens is 2. The molecule has 1 aliphatic rings. The normalized spacial score (nSPS) is 20.8. The molecule has 2 unspecified atom stereocenters. The number of aromatic amines is 1. The average Bonchev–Trinajstić information content (AvgIpc) is 3.09. The molecule has 1 aliphatic carbocycles. The van der Waals surface area contributed by atoms with E-state index in [2.05, 4.69) is 15.5 Å². The van der Waals surface area contributed by atoms with Crippen molar-refractivity contribution in [3.05, 3.63) is 36.5 Å². The predicted octanol–water partition coefficient (Wildman–Crippen LogP) is 2.56. The summed E-state index contributed by atoms with van der Waals surface area (Å²) < 4.78 is 0. The summed E-state index contributed by atoms with van der Waals surface area (Å²) in [7, 11) is 0. The van der Waals surface area contributed by atoms with E-state index in [1.165, 1.54) is 0 Å². The van der Waals surface area contributed by atoms with E-state index in [1.54, 1.807) is 6.20 Å². The van der Waals surface area contributed by atoms with Crippen molar-refractivity contribution in [1.29, 1.82) is 0 Å². The lowest BCUT2D eigenvalue weighted by molar-refractivity contribution is -0.120. The molecule has 2 aromatic rings. The first-order valence-corrected chi connectivity index (χ1v) is 6.90. The Morgan fingerprint density at radius 2 is 2.19 bits per heavy atom. The van der Waals surface area contributed by atoms with E-state index >= 15 is 0 Å². The Bertz CT molecular complexity index is 599. The summed E-state index contributed by atoms with van der Waals surface area (Å²) in [4.78, 5) is 12.2. The Kier molecular flexibility index (Phi) is 4.98. The highest BCUT2D eigenvalue weighted by atomic mass is 35.5. The van der Waals surface area contributed by atoms with Crippen LogP contribution in [0.1, 0.15) is 19.3 Å². The van der Waals surface area contributed by atoms with Crippen molar-refractivity contribution in [2.24, 2.45) is 11.7 Å². The first-order valence-electron chi connectivity index (χ1n) is 6.90. The number of anilines is 1. The van der Waals surface area contributed by atoms with Crippen LogP contribution in [0.2, 0.25) is 0 Å². The van der Waals surface area contributed by atoms with E-state index in [0.717, 1.165) is 36.2 Å². The third kappa shape index (κ3) is 3.43. The monoisotopic (exact) mass is 306 g/mol. The Balaban J connectivity index is 0.00000161. The minimum atomic E-state index is -0.0641. The highest BCUT2D eigenvalue weighted by Gasteiger charge is 2.30. The minimum Gasteiger partial charge on any atom is -0.327 e. The van der Waals surface area contributed by atoms with Crippen molar-refractivity contribution in [3.63, 3.8) is 0 Å². The van der Waals surface area contributed by atoms with E-state index in [-0.39, 0.29) is 30.3 Å². The number of carbonyl (C=O) groups is 1. The topological polar surface area (TPSA) is 83.8 Å². The third-order valence-corrected chi connectivity index (χ3v) is 3.85. The summed E-state index contributed by atoms with van der Waals surface area (Å²) in [5.41, 5.74) is 8.68. The summed E-state index contributed by atoms with van der Waals surface area (Å²) >= 11 is 0. The molecule has 1 fully saturated rings. The van der Waals surface area contributed by atoms with Gasteiger partial charge in [-0.05, 0) is 31.0 Å².